The normalized spacial score (nSPS) is 19.2. The third-order valence-electron chi connectivity index (χ3n) is 4.39. The summed E-state index contributed by atoms with van der Waals surface area (Å²) in [4.78, 5) is 2.14. The highest BCUT2D eigenvalue weighted by molar-refractivity contribution is 5.84. The number of likely N-dealkylation sites (tertiary alicyclic amines) is 1. The topological polar surface area (TPSA) is 80.4 Å². The minimum Gasteiger partial charge on any atom is -0.376 e. The van der Waals surface area contributed by atoms with Gasteiger partial charge in [0.2, 0.25) is 0 Å². The molecule has 5 N–H and O–H groups in total. The van der Waals surface area contributed by atoms with Gasteiger partial charge in [-0.05, 0) is 24.5 Å². The van der Waals surface area contributed by atoms with E-state index < -0.39 is 6.23 Å². The van der Waals surface area contributed by atoms with E-state index in [1.165, 1.54) is 12.8 Å². The number of nitrogens with two attached hydrogens (primary N) is 2. The fourth-order valence-electron chi connectivity index (χ4n) is 3.18. The van der Waals surface area contributed by atoms with Crippen molar-refractivity contribution < 1.29 is 5.11 Å². The van der Waals surface area contributed by atoms with Gasteiger partial charge in [0, 0.05) is 42.8 Å². The highest BCUT2D eigenvalue weighted by Crippen LogP contribution is 2.26. The first kappa shape index (κ1) is 14.5. The Morgan fingerprint density at radius 1 is 1.19 bits per heavy atom. The summed E-state index contributed by atoms with van der Waals surface area (Å²) in [5, 5.41) is 11.5. The smallest absolute Gasteiger partial charge is 0.125 e. The van der Waals surface area contributed by atoms with Crippen LogP contribution in [-0.4, -0.2) is 40.4 Å². The molecule has 1 aliphatic heterocycles. The zero-order chi connectivity index (χ0) is 14.8. The Kier molecular flexibility index (Phi) is 4.26. The van der Waals surface area contributed by atoms with Crippen molar-refractivity contribution in [3.05, 3.63) is 36.0 Å². The van der Waals surface area contributed by atoms with Gasteiger partial charge in [0.15, 0.2) is 0 Å². The lowest BCUT2D eigenvalue weighted by atomic mass is 10.1. The first-order valence-electron chi connectivity index (χ1n) is 7.66. The molecule has 0 aliphatic carbocycles. The van der Waals surface area contributed by atoms with E-state index in [2.05, 4.69) is 21.6 Å². The monoisotopic (exact) mass is 288 g/mol. The molecule has 1 fully saturated rings. The van der Waals surface area contributed by atoms with E-state index in [0.29, 0.717) is 13.1 Å². The van der Waals surface area contributed by atoms with E-state index in [1.807, 2.05) is 18.3 Å². The maximum Gasteiger partial charge on any atom is 0.125 e. The van der Waals surface area contributed by atoms with Crippen LogP contribution in [0.15, 0.2) is 30.5 Å². The standard InChI is InChI=1S/C16H24N4O/c17-9-14(18)13-10-20(15-6-2-1-5-12(13)15)11-16(21)19-7-3-4-8-19/h1-2,5-6,10,14,16,21H,3-4,7-9,11,17-18H2. The molecular weight excluding hydrogens is 264 g/mol. The van der Waals surface area contributed by atoms with E-state index in [1.54, 1.807) is 0 Å². The quantitative estimate of drug-likeness (QED) is 0.767. The van der Waals surface area contributed by atoms with Crippen LogP contribution in [0.25, 0.3) is 10.9 Å². The van der Waals surface area contributed by atoms with Crippen LogP contribution in [0, 0.1) is 0 Å². The van der Waals surface area contributed by atoms with Crippen molar-refractivity contribution >= 4 is 10.9 Å². The van der Waals surface area contributed by atoms with Crippen molar-refractivity contribution in [1.29, 1.82) is 0 Å². The van der Waals surface area contributed by atoms with Crippen molar-refractivity contribution in [2.75, 3.05) is 19.6 Å². The molecule has 2 aromatic rings. The lowest BCUT2D eigenvalue weighted by Crippen LogP contribution is -2.35. The van der Waals surface area contributed by atoms with Crippen LogP contribution in [0.3, 0.4) is 0 Å². The average molecular weight is 288 g/mol. The number of fused-ring (bicyclic) bond motifs is 1. The summed E-state index contributed by atoms with van der Waals surface area (Å²) < 4.78 is 2.10. The summed E-state index contributed by atoms with van der Waals surface area (Å²) in [7, 11) is 0. The highest BCUT2D eigenvalue weighted by Gasteiger charge is 2.21. The lowest BCUT2D eigenvalue weighted by Gasteiger charge is -2.23. The van der Waals surface area contributed by atoms with Crippen molar-refractivity contribution in [3.63, 3.8) is 0 Å². The molecule has 1 aromatic carbocycles. The fraction of sp³-hybridized carbons (Fsp3) is 0.500. The maximum atomic E-state index is 10.4. The molecular formula is C16H24N4O. The van der Waals surface area contributed by atoms with Gasteiger partial charge in [-0.3, -0.25) is 4.90 Å². The average Bonchev–Trinajstić information content (AvgIpc) is 3.15. The predicted octanol–water partition coefficient (Wildman–Crippen LogP) is 1.01. The van der Waals surface area contributed by atoms with Gasteiger partial charge in [0.05, 0.1) is 6.54 Å². The predicted molar refractivity (Wildman–Crippen MR) is 84.7 cm³/mol. The number of aliphatic hydroxyl groups excluding tert-OH is 1. The second-order valence-electron chi connectivity index (χ2n) is 5.82. The molecule has 1 aromatic heterocycles. The Balaban J connectivity index is 1.90. The van der Waals surface area contributed by atoms with Gasteiger partial charge in [-0.15, -0.1) is 0 Å². The minimum absolute atomic E-state index is 0.167. The van der Waals surface area contributed by atoms with Crippen LogP contribution in [0.4, 0.5) is 0 Å². The second-order valence-corrected chi connectivity index (χ2v) is 5.82. The summed E-state index contributed by atoms with van der Waals surface area (Å²) >= 11 is 0. The number of benzene rings is 1. The van der Waals surface area contributed by atoms with Gasteiger partial charge < -0.3 is 21.1 Å². The molecule has 2 heterocycles. The third-order valence-corrected chi connectivity index (χ3v) is 4.39. The summed E-state index contributed by atoms with van der Waals surface area (Å²) in [5.41, 5.74) is 14.0. The first-order valence-corrected chi connectivity index (χ1v) is 7.66. The van der Waals surface area contributed by atoms with Gasteiger partial charge in [-0.1, -0.05) is 18.2 Å². The summed E-state index contributed by atoms with van der Waals surface area (Å²) in [6.07, 6.45) is 3.95. The number of aromatic nitrogens is 1. The Morgan fingerprint density at radius 2 is 1.90 bits per heavy atom. The van der Waals surface area contributed by atoms with Crippen LogP contribution < -0.4 is 11.5 Å². The molecule has 0 saturated carbocycles. The van der Waals surface area contributed by atoms with Crippen molar-refractivity contribution in [2.24, 2.45) is 11.5 Å². The molecule has 2 atom stereocenters. The highest BCUT2D eigenvalue weighted by atomic mass is 16.3. The van der Waals surface area contributed by atoms with Gasteiger partial charge >= 0.3 is 0 Å². The largest absolute Gasteiger partial charge is 0.376 e. The van der Waals surface area contributed by atoms with E-state index in [0.717, 1.165) is 29.6 Å². The maximum absolute atomic E-state index is 10.4. The summed E-state index contributed by atoms with van der Waals surface area (Å²) in [6.45, 7) is 2.95. The van der Waals surface area contributed by atoms with Crippen molar-refractivity contribution in [1.82, 2.24) is 9.47 Å². The number of aliphatic hydroxyl groups is 1. The number of para-hydroxylation sites is 1. The van der Waals surface area contributed by atoms with Gasteiger partial charge in [0.1, 0.15) is 6.23 Å². The van der Waals surface area contributed by atoms with Crippen molar-refractivity contribution in [2.45, 2.75) is 31.7 Å². The fourth-order valence-corrected chi connectivity index (χ4v) is 3.18. The Morgan fingerprint density at radius 3 is 2.62 bits per heavy atom. The zero-order valence-electron chi connectivity index (χ0n) is 12.3. The Bertz CT molecular complexity index is 603. The Labute approximate surface area is 125 Å². The molecule has 2 unspecified atom stereocenters. The van der Waals surface area contributed by atoms with E-state index in [4.69, 9.17) is 11.5 Å². The molecule has 1 saturated heterocycles. The molecule has 5 heteroatoms. The van der Waals surface area contributed by atoms with E-state index in [-0.39, 0.29) is 6.04 Å². The SMILES string of the molecule is NCC(N)c1cn(CC(O)N2CCCC2)c2ccccc12. The van der Waals surface area contributed by atoms with Crippen LogP contribution in [0.5, 0.6) is 0 Å². The molecule has 0 amide bonds. The Hall–Kier alpha value is -1.40. The van der Waals surface area contributed by atoms with Crippen LogP contribution in [0.1, 0.15) is 24.4 Å². The van der Waals surface area contributed by atoms with Crippen LogP contribution in [-0.2, 0) is 6.54 Å². The molecule has 114 valence electrons. The molecule has 0 spiro atoms. The summed E-state index contributed by atoms with van der Waals surface area (Å²) in [6, 6.07) is 7.99. The third kappa shape index (κ3) is 2.82. The molecule has 0 radical (unpaired) electrons. The van der Waals surface area contributed by atoms with Crippen molar-refractivity contribution in [3.8, 4) is 0 Å². The van der Waals surface area contributed by atoms with E-state index in [9.17, 15) is 5.11 Å². The number of hydrogen-bond acceptors (Lipinski definition) is 4. The first-order chi connectivity index (χ1) is 10.2. The molecule has 21 heavy (non-hydrogen) atoms. The molecule has 1 aliphatic rings. The second kappa shape index (κ2) is 6.15. The van der Waals surface area contributed by atoms with Crippen LogP contribution >= 0.6 is 0 Å². The van der Waals surface area contributed by atoms with Crippen LogP contribution in [0.2, 0.25) is 0 Å². The van der Waals surface area contributed by atoms with Gasteiger partial charge in [0.25, 0.3) is 0 Å². The number of rotatable bonds is 5. The molecule has 3 rings (SSSR count). The lowest BCUT2D eigenvalue weighted by molar-refractivity contribution is 0.00812. The molecule has 5 nitrogen and oxygen atoms in total. The zero-order valence-corrected chi connectivity index (χ0v) is 12.3. The van der Waals surface area contributed by atoms with Gasteiger partial charge in [-0.2, -0.15) is 0 Å². The minimum atomic E-state index is -0.440. The number of hydrogen-bond donors (Lipinski definition) is 3. The van der Waals surface area contributed by atoms with Gasteiger partial charge in [-0.25, -0.2) is 0 Å². The van der Waals surface area contributed by atoms with E-state index >= 15 is 0 Å². The number of nitrogens with zero attached hydrogens (tertiary/aromatic N) is 2. The summed E-state index contributed by atoms with van der Waals surface area (Å²) in [5.74, 6) is 0. The molecule has 0 bridgehead atoms.